The summed E-state index contributed by atoms with van der Waals surface area (Å²) in [5.41, 5.74) is 1.02. The van der Waals surface area contributed by atoms with Crippen LogP contribution >= 0.6 is 11.6 Å². The quantitative estimate of drug-likeness (QED) is 0.280. The van der Waals surface area contributed by atoms with Crippen LogP contribution in [-0.4, -0.2) is 43.3 Å². The molecule has 0 bridgehead atoms. The van der Waals surface area contributed by atoms with E-state index in [4.69, 9.17) is 16.3 Å². The zero-order chi connectivity index (χ0) is 39.6. The average Bonchev–Trinajstić information content (AvgIpc) is 3.55. The predicted octanol–water partition coefficient (Wildman–Crippen LogP) is 8.87. The molecule has 3 unspecified atom stereocenters. The van der Waals surface area contributed by atoms with Crippen LogP contribution in [0, 0.1) is 50.7 Å². The molecule has 0 amide bonds. The second-order valence-electron chi connectivity index (χ2n) is 20.0. The lowest BCUT2D eigenvalue weighted by atomic mass is 9.33. The van der Waals surface area contributed by atoms with Crippen LogP contribution in [-0.2, 0) is 31.6 Å². The van der Waals surface area contributed by atoms with Gasteiger partial charge in [0.1, 0.15) is 6.10 Å². The van der Waals surface area contributed by atoms with E-state index in [0.29, 0.717) is 29.1 Å². The summed E-state index contributed by atoms with van der Waals surface area (Å²) in [7, 11) is 1.92. The van der Waals surface area contributed by atoms with Crippen LogP contribution < -0.4 is 5.56 Å². The summed E-state index contributed by atoms with van der Waals surface area (Å²) in [6.45, 7) is 19.6. The average molecular weight is 762 g/mol. The summed E-state index contributed by atoms with van der Waals surface area (Å²) in [6.07, 6.45) is 9.18. The number of allylic oxidation sites excluding steroid dienone is 2. The Labute approximate surface area is 325 Å². The molecular formula is C44H60ClN3O6. The van der Waals surface area contributed by atoms with Crippen LogP contribution in [0.3, 0.4) is 0 Å². The molecule has 2 aromatic rings. The fraction of sp³-hybridized carbons (Fsp3) is 0.705. The number of esters is 1. The molecule has 10 heteroatoms. The van der Waals surface area contributed by atoms with Crippen LogP contribution in [0.25, 0.3) is 5.82 Å². The van der Waals surface area contributed by atoms with Gasteiger partial charge in [-0.3, -0.25) is 23.9 Å². The van der Waals surface area contributed by atoms with Crippen molar-refractivity contribution < 1.29 is 24.2 Å². The highest BCUT2D eigenvalue weighted by Crippen LogP contribution is 2.76. The maximum atomic E-state index is 14.3. The van der Waals surface area contributed by atoms with E-state index in [1.54, 1.807) is 42.9 Å². The van der Waals surface area contributed by atoms with Crippen molar-refractivity contribution in [2.24, 2.45) is 57.8 Å². The summed E-state index contributed by atoms with van der Waals surface area (Å²) >= 11 is 6.15. The second kappa shape index (κ2) is 12.7. The molecule has 7 rings (SSSR count). The predicted molar refractivity (Wildman–Crippen MR) is 208 cm³/mol. The van der Waals surface area contributed by atoms with Crippen LogP contribution in [0.2, 0.25) is 5.02 Å². The monoisotopic (exact) mass is 761 g/mol. The third kappa shape index (κ3) is 5.39. The highest BCUT2D eigenvalue weighted by molar-refractivity contribution is 6.30. The number of rotatable bonds is 7. The fourth-order valence-electron chi connectivity index (χ4n) is 13.5. The van der Waals surface area contributed by atoms with Crippen molar-refractivity contribution in [3.63, 3.8) is 0 Å². The van der Waals surface area contributed by atoms with Gasteiger partial charge in [-0.25, -0.2) is 4.98 Å². The first-order chi connectivity index (χ1) is 25.0. The first-order valence-corrected chi connectivity index (χ1v) is 20.5. The van der Waals surface area contributed by atoms with Gasteiger partial charge in [0, 0.05) is 36.6 Å². The topological polar surface area (TPSA) is 120 Å². The van der Waals surface area contributed by atoms with E-state index < -0.39 is 22.8 Å². The molecule has 1 N–H and O–H groups in total. The van der Waals surface area contributed by atoms with Crippen LogP contribution in [0.5, 0.6) is 0 Å². The van der Waals surface area contributed by atoms with E-state index in [1.807, 2.05) is 11.7 Å². The molecule has 9 nitrogen and oxygen atoms in total. The standard InChI is InChI=1S/C44H60ClN3O6/c1-25(2)36-28(49)22-44(31-21-34(50)48(47(31)10)33-14-11-26(45)24-46-33)20-19-42(8)27(37(36)44)12-13-30-41(7)17-16-32(54-35(51)23-39(3,4)38(52)53)40(5,6)29(41)15-18-43(30,42)9/h11,14,21,24-25,27,29-30,32H,12-13,15-20,22-23H2,1-10H3,(H,52,53)/t27?,29-,30+,32?,41?,42+,43+,44-/m0/s1. The molecule has 294 valence electrons. The maximum absolute atomic E-state index is 14.3. The number of hydrogen-bond acceptors (Lipinski definition) is 6. The lowest BCUT2D eigenvalue weighted by Gasteiger charge is -2.72. The fourth-order valence-corrected chi connectivity index (χ4v) is 13.6. The third-order valence-corrected chi connectivity index (χ3v) is 16.6. The number of aromatic nitrogens is 3. The van der Waals surface area contributed by atoms with Crippen molar-refractivity contribution in [3.05, 3.63) is 56.6 Å². The number of carbonyl (C=O) groups excluding carboxylic acids is 2. The number of ether oxygens (including phenoxy) is 1. The summed E-state index contributed by atoms with van der Waals surface area (Å²) in [5.74, 6) is 0.392. The Morgan fingerprint density at radius 2 is 1.69 bits per heavy atom. The second-order valence-corrected chi connectivity index (χ2v) is 20.5. The number of carbonyl (C=O) groups is 3. The number of halogens is 1. The minimum atomic E-state index is -1.18. The van der Waals surface area contributed by atoms with E-state index >= 15 is 0 Å². The number of carboxylic acids is 1. The number of pyridine rings is 1. The highest BCUT2D eigenvalue weighted by Gasteiger charge is 2.70. The van der Waals surface area contributed by atoms with Crippen LogP contribution in [0.15, 0.2) is 40.3 Å². The number of hydrogen-bond donors (Lipinski definition) is 1. The number of nitrogens with zero attached hydrogens (tertiary/aromatic N) is 3. The summed E-state index contributed by atoms with van der Waals surface area (Å²) in [5, 5.41) is 10.1. The largest absolute Gasteiger partial charge is 0.481 e. The lowest BCUT2D eigenvalue weighted by molar-refractivity contribution is -0.232. The minimum absolute atomic E-state index is 0.0181. The van der Waals surface area contributed by atoms with E-state index in [0.717, 1.165) is 62.6 Å². The number of carboxylic acid groups (broad SMARTS) is 1. The van der Waals surface area contributed by atoms with Crippen LogP contribution in [0.4, 0.5) is 0 Å². The maximum Gasteiger partial charge on any atom is 0.309 e. The molecular weight excluding hydrogens is 702 g/mol. The SMILES string of the molecule is CC(C)C1=C2C3CC[C@@H]4C5(C)CCC(OC(=O)CC(C)(C)C(=O)O)C(C)(C)[C@@H]5CC[C@@]4(C)[C@]3(C)CC[C@@]2(c2cc(=O)n(-c3ccc(Cl)cn3)n2C)CC1=O. The van der Waals surface area contributed by atoms with Crippen molar-refractivity contribution in [2.45, 2.75) is 138 Å². The van der Waals surface area contributed by atoms with E-state index in [2.05, 4.69) is 53.5 Å². The molecule has 0 saturated heterocycles. The van der Waals surface area contributed by atoms with Crippen molar-refractivity contribution in [1.29, 1.82) is 0 Å². The molecule has 0 spiro atoms. The Bertz CT molecular complexity index is 1990. The van der Waals surface area contributed by atoms with Gasteiger partial charge in [0.25, 0.3) is 5.56 Å². The Hall–Kier alpha value is -3.20. The summed E-state index contributed by atoms with van der Waals surface area (Å²) in [4.78, 5) is 57.4. The summed E-state index contributed by atoms with van der Waals surface area (Å²) in [6, 6.07) is 5.26. The number of aliphatic carboxylic acids is 1. The van der Waals surface area contributed by atoms with Gasteiger partial charge in [0.15, 0.2) is 11.6 Å². The van der Waals surface area contributed by atoms with E-state index in [-0.39, 0.29) is 57.4 Å². The highest BCUT2D eigenvalue weighted by atomic mass is 35.5. The number of ketones is 1. The smallest absolute Gasteiger partial charge is 0.309 e. The van der Waals surface area contributed by atoms with Gasteiger partial charge >= 0.3 is 11.9 Å². The molecule has 4 fully saturated rings. The van der Waals surface area contributed by atoms with Crippen LogP contribution in [0.1, 0.15) is 132 Å². The molecule has 0 aromatic carbocycles. The lowest BCUT2D eigenvalue weighted by Crippen LogP contribution is -2.66. The Kier molecular flexibility index (Phi) is 9.15. The molecule has 8 atom stereocenters. The van der Waals surface area contributed by atoms with E-state index in [9.17, 15) is 24.3 Å². The van der Waals surface area contributed by atoms with Crippen molar-refractivity contribution in [2.75, 3.05) is 0 Å². The van der Waals surface area contributed by atoms with Gasteiger partial charge in [-0.15, -0.1) is 0 Å². The summed E-state index contributed by atoms with van der Waals surface area (Å²) < 4.78 is 9.72. The van der Waals surface area contributed by atoms with Crippen molar-refractivity contribution in [3.8, 4) is 5.82 Å². The van der Waals surface area contributed by atoms with Crippen molar-refractivity contribution >= 4 is 29.3 Å². The molecule has 5 aliphatic rings. The first kappa shape index (κ1) is 39.1. The van der Waals surface area contributed by atoms with E-state index in [1.165, 1.54) is 5.57 Å². The molecule has 2 aromatic heterocycles. The van der Waals surface area contributed by atoms with Gasteiger partial charge in [-0.2, -0.15) is 4.68 Å². The third-order valence-electron chi connectivity index (χ3n) is 16.3. The molecule has 5 aliphatic carbocycles. The Morgan fingerprint density at radius 1 is 0.981 bits per heavy atom. The normalized spacial score (nSPS) is 36.0. The molecule has 54 heavy (non-hydrogen) atoms. The zero-order valence-electron chi connectivity index (χ0n) is 34.0. The Balaban J connectivity index is 1.24. The van der Waals surface area contributed by atoms with Gasteiger partial charge in [0.2, 0.25) is 0 Å². The van der Waals surface area contributed by atoms with Gasteiger partial charge in [-0.05, 0) is 128 Å². The van der Waals surface area contributed by atoms with Gasteiger partial charge in [0.05, 0.1) is 22.6 Å². The number of Topliss-reactive ketones (excluding diaryl/α,β-unsaturated/α-hetero) is 1. The number of fused-ring (bicyclic) bond motifs is 7. The van der Waals surface area contributed by atoms with Gasteiger partial charge in [-0.1, -0.05) is 60.1 Å². The molecule has 4 saturated carbocycles. The molecule has 0 radical (unpaired) electrons. The Morgan fingerprint density at radius 3 is 2.31 bits per heavy atom. The molecule has 0 aliphatic heterocycles. The first-order valence-electron chi connectivity index (χ1n) is 20.2. The van der Waals surface area contributed by atoms with Crippen molar-refractivity contribution in [1.82, 2.24) is 14.3 Å². The molecule has 2 heterocycles. The minimum Gasteiger partial charge on any atom is -0.481 e. The zero-order valence-corrected chi connectivity index (χ0v) is 34.7. The van der Waals surface area contributed by atoms with Gasteiger partial charge < -0.3 is 9.84 Å².